The van der Waals surface area contributed by atoms with Crippen molar-refractivity contribution in [2.75, 3.05) is 18.5 Å². The van der Waals surface area contributed by atoms with Gasteiger partial charge in [0.2, 0.25) is 0 Å². The van der Waals surface area contributed by atoms with Gasteiger partial charge in [-0.1, -0.05) is 18.2 Å². The minimum Gasteiger partial charge on any atom is -0.457 e. The molecule has 0 radical (unpaired) electrons. The van der Waals surface area contributed by atoms with Crippen molar-refractivity contribution in [1.82, 2.24) is 0 Å². The van der Waals surface area contributed by atoms with Gasteiger partial charge in [-0.05, 0) is 49.2 Å². The summed E-state index contributed by atoms with van der Waals surface area (Å²) in [6.45, 7) is 1.68. The maximum Gasteiger partial charge on any atom is 0.127 e. The molecule has 0 aromatic heterocycles. The Morgan fingerprint density at radius 3 is 2.40 bits per heavy atom. The molecule has 3 nitrogen and oxygen atoms in total. The first-order valence-corrected chi connectivity index (χ1v) is 7.07. The highest BCUT2D eigenvalue weighted by molar-refractivity contribution is 5.48. The molecule has 3 heteroatoms. The molecular formula is C17H19NO2. The van der Waals surface area contributed by atoms with E-state index in [9.17, 15) is 0 Å². The molecule has 1 unspecified atom stereocenters. The van der Waals surface area contributed by atoms with Gasteiger partial charge in [0.15, 0.2) is 0 Å². The lowest BCUT2D eigenvalue weighted by molar-refractivity contribution is 0.0876. The average Bonchev–Trinajstić information content (AvgIpc) is 2.51. The molecule has 0 spiro atoms. The van der Waals surface area contributed by atoms with Gasteiger partial charge in [-0.25, -0.2) is 0 Å². The third-order valence-corrected chi connectivity index (χ3v) is 3.36. The Bertz CT molecular complexity index is 518. The van der Waals surface area contributed by atoms with E-state index in [1.54, 1.807) is 0 Å². The van der Waals surface area contributed by atoms with Gasteiger partial charge < -0.3 is 14.8 Å². The molecule has 2 aromatic carbocycles. The quantitative estimate of drug-likeness (QED) is 0.907. The lowest BCUT2D eigenvalue weighted by Crippen LogP contribution is -2.29. The summed E-state index contributed by atoms with van der Waals surface area (Å²) in [5, 5.41) is 3.49. The van der Waals surface area contributed by atoms with Crippen molar-refractivity contribution >= 4 is 5.69 Å². The Balaban J connectivity index is 1.59. The summed E-state index contributed by atoms with van der Waals surface area (Å²) in [7, 11) is 0. The maximum absolute atomic E-state index is 5.77. The topological polar surface area (TPSA) is 30.5 Å². The van der Waals surface area contributed by atoms with Crippen LogP contribution in [-0.4, -0.2) is 19.3 Å². The number of ether oxygens (including phenoxy) is 2. The van der Waals surface area contributed by atoms with Crippen LogP contribution in [-0.2, 0) is 4.74 Å². The van der Waals surface area contributed by atoms with E-state index in [1.165, 1.54) is 6.42 Å². The molecule has 0 amide bonds. The molecule has 2 aromatic rings. The fourth-order valence-electron chi connectivity index (χ4n) is 2.33. The fraction of sp³-hybridized carbons (Fsp3) is 0.294. The number of hydrogen-bond acceptors (Lipinski definition) is 3. The molecule has 1 atom stereocenters. The van der Waals surface area contributed by atoms with Crippen molar-refractivity contribution in [3.05, 3.63) is 54.6 Å². The van der Waals surface area contributed by atoms with E-state index in [4.69, 9.17) is 9.47 Å². The van der Waals surface area contributed by atoms with Gasteiger partial charge >= 0.3 is 0 Å². The highest BCUT2D eigenvalue weighted by atomic mass is 16.5. The predicted molar refractivity (Wildman–Crippen MR) is 80.4 cm³/mol. The summed E-state index contributed by atoms with van der Waals surface area (Å²) in [6.07, 6.45) is 2.30. The first-order valence-electron chi connectivity index (χ1n) is 7.07. The summed E-state index contributed by atoms with van der Waals surface area (Å²) in [5.41, 5.74) is 1.11. The zero-order valence-electron chi connectivity index (χ0n) is 11.4. The Labute approximate surface area is 119 Å². The van der Waals surface area contributed by atoms with Crippen LogP contribution in [0.5, 0.6) is 11.5 Å². The predicted octanol–water partition coefficient (Wildman–Crippen LogP) is 4.07. The molecule has 20 heavy (non-hydrogen) atoms. The third kappa shape index (κ3) is 3.52. The number of benzene rings is 2. The number of nitrogens with one attached hydrogen (secondary N) is 1. The zero-order chi connectivity index (χ0) is 13.6. The zero-order valence-corrected chi connectivity index (χ0v) is 11.4. The second kappa shape index (κ2) is 6.44. The fourth-order valence-corrected chi connectivity index (χ4v) is 2.33. The van der Waals surface area contributed by atoms with Crippen molar-refractivity contribution in [1.29, 1.82) is 0 Å². The van der Waals surface area contributed by atoms with E-state index in [1.807, 2.05) is 54.6 Å². The Morgan fingerprint density at radius 1 is 0.950 bits per heavy atom. The number of para-hydroxylation sites is 1. The van der Waals surface area contributed by atoms with Crippen LogP contribution in [0.1, 0.15) is 12.8 Å². The molecule has 0 aliphatic carbocycles. The Kier molecular flexibility index (Phi) is 4.19. The molecule has 1 N–H and O–H groups in total. The van der Waals surface area contributed by atoms with Crippen LogP contribution in [0.4, 0.5) is 5.69 Å². The molecule has 1 aliphatic heterocycles. The maximum atomic E-state index is 5.77. The Hall–Kier alpha value is -2.00. The number of hydrogen-bond donors (Lipinski definition) is 1. The van der Waals surface area contributed by atoms with Gasteiger partial charge in [0.1, 0.15) is 11.5 Å². The minimum absolute atomic E-state index is 0.421. The molecule has 0 saturated carbocycles. The second-order valence-electron chi connectivity index (χ2n) is 5.00. The van der Waals surface area contributed by atoms with Crippen LogP contribution in [0.25, 0.3) is 0 Å². The molecular weight excluding hydrogens is 250 g/mol. The van der Waals surface area contributed by atoms with Gasteiger partial charge in [0, 0.05) is 18.3 Å². The van der Waals surface area contributed by atoms with E-state index in [0.717, 1.165) is 36.8 Å². The highest BCUT2D eigenvalue weighted by Gasteiger charge is 2.13. The van der Waals surface area contributed by atoms with Gasteiger partial charge in [0.05, 0.1) is 6.61 Å². The van der Waals surface area contributed by atoms with E-state index < -0.39 is 0 Å². The monoisotopic (exact) mass is 269 g/mol. The van der Waals surface area contributed by atoms with Crippen molar-refractivity contribution in [3.63, 3.8) is 0 Å². The first-order chi connectivity index (χ1) is 9.90. The van der Waals surface area contributed by atoms with E-state index in [2.05, 4.69) is 5.32 Å². The molecule has 3 rings (SSSR count). The van der Waals surface area contributed by atoms with Gasteiger partial charge in [-0.3, -0.25) is 0 Å². The lowest BCUT2D eigenvalue weighted by Gasteiger charge is -2.24. The van der Waals surface area contributed by atoms with Crippen molar-refractivity contribution in [2.24, 2.45) is 0 Å². The van der Waals surface area contributed by atoms with Crippen LogP contribution in [0.15, 0.2) is 54.6 Å². The third-order valence-electron chi connectivity index (χ3n) is 3.36. The first kappa shape index (κ1) is 13.0. The minimum atomic E-state index is 0.421. The summed E-state index contributed by atoms with van der Waals surface area (Å²) in [6, 6.07) is 18.3. The summed E-state index contributed by atoms with van der Waals surface area (Å²) in [4.78, 5) is 0. The largest absolute Gasteiger partial charge is 0.457 e. The molecule has 0 bridgehead atoms. The Morgan fingerprint density at radius 2 is 1.70 bits per heavy atom. The average molecular weight is 269 g/mol. The number of anilines is 1. The van der Waals surface area contributed by atoms with Crippen LogP contribution in [0, 0.1) is 0 Å². The van der Waals surface area contributed by atoms with E-state index in [0.29, 0.717) is 6.04 Å². The van der Waals surface area contributed by atoms with Gasteiger partial charge in [-0.2, -0.15) is 0 Å². The second-order valence-corrected chi connectivity index (χ2v) is 5.00. The molecule has 1 aliphatic rings. The summed E-state index contributed by atoms with van der Waals surface area (Å²) >= 11 is 0. The van der Waals surface area contributed by atoms with E-state index in [-0.39, 0.29) is 0 Å². The molecule has 1 saturated heterocycles. The van der Waals surface area contributed by atoms with Crippen molar-refractivity contribution in [2.45, 2.75) is 18.9 Å². The van der Waals surface area contributed by atoms with E-state index >= 15 is 0 Å². The normalized spacial score (nSPS) is 18.5. The molecule has 104 valence electrons. The van der Waals surface area contributed by atoms with Gasteiger partial charge in [-0.15, -0.1) is 0 Å². The number of rotatable bonds is 4. The van der Waals surface area contributed by atoms with Crippen LogP contribution in [0.2, 0.25) is 0 Å². The highest BCUT2D eigenvalue weighted by Crippen LogP contribution is 2.23. The van der Waals surface area contributed by atoms with Gasteiger partial charge in [0.25, 0.3) is 0 Å². The summed E-state index contributed by atoms with van der Waals surface area (Å²) < 4.78 is 11.2. The van der Waals surface area contributed by atoms with Crippen molar-refractivity contribution in [3.8, 4) is 11.5 Å². The van der Waals surface area contributed by atoms with Crippen LogP contribution in [0.3, 0.4) is 0 Å². The standard InChI is InChI=1S/C17H19NO2/c1-2-6-16(7-3-1)20-17-10-8-14(9-11-17)18-15-5-4-12-19-13-15/h1-3,6-11,15,18H,4-5,12-13H2. The van der Waals surface area contributed by atoms with Crippen molar-refractivity contribution < 1.29 is 9.47 Å². The SMILES string of the molecule is c1ccc(Oc2ccc(NC3CCCOC3)cc2)cc1. The van der Waals surface area contributed by atoms with Crippen LogP contribution < -0.4 is 10.1 Å². The lowest BCUT2D eigenvalue weighted by atomic mass is 10.1. The van der Waals surface area contributed by atoms with Crippen LogP contribution >= 0.6 is 0 Å². The molecule has 1 fully saturated rings. The smallest absolute Gasteiger partial charge is 0.127 e. The summed E-state index contributed by atoms with van der Waals surface area (Å²) in [5.74, 6) is 1.70. The molecule has 1 heterocycles.